The van der Waals surface area contributed by atoms with Gasteiger partial charge in [-0.25, -0.2) is 0 Å². The minimum Gasteiger partial charge on any atom is -0.372 e. The average Bonchev–Trinajstić information content (AvgIpc) is 2.83. The molecule has 3 aromatic rings. The van der Waals surface area contributed by atoms with E-state index in [-0.39, 0.29) is 5.92 Å². The number of benzene rings is 3. The van der Waals surface area contributed by atoms with E-state index in [1.165, 1.54) is 33.8 Å². The quantitative estimate of drug-likeness (QED) is 0.125. The first-order valence-electron chi connectivity index (χ1n) is 11.4. The third-order valence-corrected chi connectivity index (χ3v) is 7.25. The lowest BCUT2D eigenvalue weighted by Gasteiger charge is -2.25. The maximum Gasteiger partial charge on any atom is 0.0697 e. The predicted molar refractivity (Wildman–Crippen MR) is 158 cm³/mol. The second-order valence-electron chi connectivity index (χ2n) is 7.79. The zero-order valence-electron chi connectivity index (χ0n) is 19.4. The van der Waals surface area contributed by atoms with Crippen LogP contribution < -0.4 is 11.1 Å². The fourth-order valence-electron chi connectivity index (χ4n) is 4.29. The Morgan fingerprint density at radius 1 is 0.500 bits per heavy atom. The molecule has 0 aliphatic heterocycles. The van der Waals surface area contributed by atoms with E-state index >= 15 is 0 Å². The zero-order chi connectivity index (χ0) is 23.1. The SMILES string of the molecule is CCN(CC)c1ccc(C(c2ccc(N(I)I)cc2)c2ccc(N(CC)CC)cc2)cc1. The van der Waals surface area contributed by atoms with Crippen molar-refractivity contribution >= 4 is 62.8 Å². The summed E-state index contributed by atoms with van der Waals surface area (Å²) in [4.78, 5) is 4.78. The Balaban J connectivity index is 2.02. The molecule has 0 bridgehead atoms. The summed E-state index contributed by atoms with van der Waals surface area (Å²) in [5.74, 6) is 0.206. The van der Waals surface area contributed by atoms with Crippen LogP contribution in [0, 0.1) is 0 Å². The van der Waals surface area contributed by atoms with Crippen molar-refractivity contribution in [3.8, 4) is 0 Å². The summed E-state index contributed by atoms with van der Waals surface area (Å²) < 4.78 is 2.09. The molecule has 0 heterocycles. The van der Waals surface area contributed by atoms with Crippen LogP contribution in [0.4, 0.5) is 17.1 Å². The van der Waals surface area contributed by atoms with Crippen molar-refractivity contribution in [3.63, 3.8) is 0 Å². The first-order valence-corrected chi connectivity index (χ1v) is 13.4. The predicted octanol–water partition coefficient (Wildman–Crippen LogP) is 8.07. The molecule has 0 fully saturated rings. The van der Waals surface area contributed by atoms with E-state index in [9.17, 15) is 0 Å². The molecule has 0 amide bonds. The second-order valence-corrected chi connectivity index (χ2v) is 11.6. The van der Waals surface area contributed by atoms with E-state index in [2.05, 4.69) is 157 Å². The van der Waals surface area contributed by atoms with E-state index in [0.717, 1.165) is 26.2 Å². The molecule has 3 rings (SSSR count). The molecule has 0 saturated carbocycles. The number of nitrogens with zero attached hydrogens (tertiary/aromatic N) is 3. The van der Waals surface area contributed by atoms with Gasteiger partial charge in [0.05, 0.1) is 51.4 Å². The van der Waals surface area contributed by atoms with Crippen molar-refractivity contribution < 1.29 is 0 Å². The molecule has 3 aromatic carbocycles. The molecule has 0 spiro atoms. The van der Waals surface area contributed by atoms with Gasteiger partial charge in [-0.15, -0.1) is 0 Å². The van der Waals surface area contributed by atoms with Crippen molar-refractivity contribution in [1.29, 1.82) is 0 Å². The normalized spacial score (nSPS) is 11.0. The van der Waals surface area contributed by atoms with Gasteiger partial charge in [-0.3, -0.25) is 1.33 Å². The summed E-state index contributed by atoms with van der Waals surface area (Å²) in [5.41, 5.74) is 7.73. The molecule has 170 valence electrons. The molecule has 0 saturated heterocycles. The third-order valence-electron chi connectivity index (χ3n) is 6.13. The summed E-state index contributed by atoms with van der Waals surface area (Å²) in [6.45, 7) is 12.9. The van der Waals surface area contributed by atoms with Crippen molar-refractivity contribution in [2.24, 2.45) is 0 Å². The first kappa shape index (κ1) is 25.1. The summed E-state index contributed by atoms with van der Waals surface area (Å²) in [7, 11) is 0. The Morgan fingerprint density at radius 2 is 0.781 bits per heavy atom. The van der Waals surface area contributed by atoms with Crippen LogP contribution in [0.2, 0.25) is 0 Å². The van der Waals surface area contributed by atoms with Crippen molar-refractivity contribution in [2.45, 2.75) is 33.6 Å². The highest BCUT2D eigenvalue weighted by Gasteiger charge is 2.18. The second kappa shape index (κ2) is 12.1. The minimum absolute atomic E-state index is 0.206. The minimum atomic E-state index is 0.206. The van der Waals surface area contributed by atoms with Gasteiger partial charge in [-0.05, 0) is 80.8 Å². The van der Waals surface area contributed by atoms with E-state index in [4.69, 9.17) is 0 Å². The van der Waals surface area contributed by atoms with E-state index in [0.29, 0.717) is 0 Å². The van der Waals surface area contributed by atoms with Gasteiger partial charge in [-0.1, -0.05) is 36.4 Å². The van der Waals surface area contributed by atoms with Crippen molar-refractivity contribution in [1.82, 2.24) is 0 Å². The molecule has 0 radical (unpaired) electrons. The Hall–Kier alpha value is -1.48. The molecule has 0 N–H and O–H groups in total. The van der Waals surface area contributed by atoms with Crippen LogP contribution in [0.25, 0.3) is 0 Å². The molecule has 3 nitrogen and oxygen atoms in total. The van der Waals surface area contributed by atoms with Crippen LogP contribution in [0.3, 0.4) is 0 Å². The summed E-state index contributed by atoms with van der Waals surface area (Å²) in [6.07, 6.45) is 0. The van der Waals surface area contributed by atoms with Crippen LogP contribution in [-0.4, -0.2) is 26.2 Å². The fourth-order valence-corrected chi connectivity index (χ4v) is 4.93. The summed E-state index contributed by atoms with van der Waals surface area (Å²) in [6, 6.07) is 27.2. The molecule has 32 heavy (non-hydrogen) atoms. The molecular formula is C27H33I2N3. The summed E-state index contributed by atoms with van der Waals surface area (Å²) >= 11 is 4.61. The first-order chi connectivity index (χ1) is 15.5. The van der Waals surface area contributed by atoms with Crippen LogP contribution in [0.1, 0.15) is 50.3 Å². The molecule has 0 unspecified atom stereocenters. The molecular weight excluding hydrogens is 620 g/mol. The van der Waals surface area contributed by atoms with Gasteiger partial charge in [0.25, 0.3) is 0 Å². The molecule has 0 aromatic heterocycles. The average molecular weight is 653 g/mol. The maximum absolute atomic E-state index is 2.39. The zero-order valence-corrected chi connectivity index (χ0v) is 23.7. The Kier molecular flexibility index (Phi) is 9.52. The number of hydrogen-bond donors (Lipinski definition) is 0. The summed E-state index contributed by atoms with van der Waals surface area (Å²) in [5, 5.41) is 0. The van der Waals surface area contributed by atoms with Gasteiger partial charge in [0.1, 0.15) is 0 Å². The van der Waals surface area contributed by atoms with Crippen molar-refractivity contribution in [2.75, 3.05) is 37.3 Å². The largest absolute Gasteiger partial charge is 0.372 e. The van der Waals surface area contributed by atoms with Crippen LogP contribution in [-0.2, 0) is 0 Å². The highest BCUT2D eigenvalue weighted by Crippen LogP contribution is 2.35. The third kappa shape index (κ3) is 5.90. The topological polar surface area (TPSA) is 9.72 Å². The fraction of sp³-hybridized carbons (Fsp3) is 0.333. The van der Waals surface area contributed by atoms with Crippen LogP contribution >= 0.6 is 45.7 Å². The highest BCUT2D eigenvalue weighted by molar-refractivity contribution is 14.2. The van der Waals surface area contributed by atoms with Gasteiger partial charge in [0, 0.05) is 43.5 Å². The van der Waals surface area contributed by atoms with E-state index in [1.807, 2.05) is 0 Å². The van der Waals surface area contributed by atoms with Gasteiger partial charge >= 0.3 is 0 Å². The lowest BCUT2D eigenvalue weighted by atomic mass is 9.85. The molecule has 0 aliphatic carbocycles. The Morgan fingerprint density at radius 3 is 1.03 bits per heavy atom. The molecule has 0 aliphatic rings. The monoisotopic (exact) mass is 653 g/mol. The maximum atomic E-state index is 2.39. The molecule has 5 heteroatoms. The van der Waals surface area contributed by atoms with Crippen LogP contribution in [0.15, 0.2) is 72.8 Å². The lowest BCUT2D eigenvalue weighted by molar-refractivity contribution is 0.862. The standard InChI is InChI=1S/C27H33I2N3/c1-5-30(6-2)24-15-9-21(10-16-24)27(23-13-19-26(20-14-23)32(28)29)22-11-17-25(18-12-22)31(7-3)8-4/h9-20,27H,5-8H2,1-4H3. The molecule has 0 atom stereocenters. The van der Waals surface area contributed by atoms with Crippen LogP contribution in [0.5, 0.6) is 0 Å². The number of halogens is 2. The lowest BCUT2D eigenvalue weighted by Crippen LogP contribution is -2.21. The van der Waals surface area contributed by atoms with Gasteiger partial charge in [0.2, 0.25) is 0 Å². The highest BCUT2D eigenvalue weighted by atomic mass is 127. The van der Waals surface area contributed by atoms with Gasteiger partial charge in [-0.2, -0.15) is 0 Å². The Labute approximate surface area is 221 Å². The smallest absolute Gasteiger partial charge is 0.0697 e. The van der Waals surface area contributed by atoms with Gasteiger partial charge < -0.3 is 9.80 Å². The van der Waals surface area contributed by atoms with Crippen molar-refractivity contribution in [3.05, 3.63) is 89.5 Å². The number of hydrogen-bond acceptors (Lipinski definition) is 3. The van der Waals surface area contributed by atoms with E-state index < -0.39 is 0 Å². The van der Waals surface area contributed by atoms with Gasteiger partial charge in [0.15, 0.2) is 0 Å². The Bertz CT molecular complexity index is 890. The number of anilines is 3. The number of rotatable bonds is 10. The van der Waals surface area contributed by atoms with E-state index in [1.54, 1.807) is 0 Å².